The molecule has 2 aromatic heterocycles. The van der Waals surface area contributed by atoms with Crippen molar-refractivity contribution in [3.05, 3.63) is 41.6 Å². The van der Waals surface area contributed by atoms with Gasteiger partial charge >= 0.3 is 0 Å². The number of carbonyl (C=O) groups is 2. The summed E-state index contributed by atoms with van der Waals surface area (Å²) in [6, 6.07) is 6.15. The lowest BCUT2D eigenvalue weighted by Gasteiger charge is -2.35. The summed E-state index contributed by atoms with van der Waals surface area (Å²) in [5.74, 6) is 1.15. The van der Waals surface area contributed by atoms with Crippen molar-refractivity contribution in [2.75, 3.05) is 31.1 Å². The van der Waals surface area contributed by atoms with Crippen LogP contribution in [0.4, 0.5) is 5.82 Å². The zero-order valence-electron chi connectivity index (χ0n) is 16.5. The van der Waals surface area contributed by atoms with Gasteiger partial charge in [-0.1, -0.05) is 6.07 Å². The van der Waals surface area contributed by atoms with Gasteiger partial charge < -0.3 is 19.7 Å². The molecular formula is C21H26N6O2. The van der Waals surface area contributed by atoms with Crippen LogP contribution in [0.15, 0.2) is 24.4 Å². The van der Waals surface area contributed by atoms with Crippen molar-refractivity contribution in [3.63, 3.8) is 0 Å². The highest BCUT2D eigenvalue weighted by Crippen LogP contribution is 2.25. The van der Waals surface area contributed by atoms with Gasteiger partial charge in [0.1, 0.15) is 11.5 Å². The van der Waals surface area contributed by atoms with Gasteiger partial charge in [0, 0.05) is 45.0 Å². The highest BCUT2D eigenvalue weighted by molar-refractivity contribution is 5.97. The fraction of sp³-hybridized carbons (Fsp3) is 0.524. The normalized spacial score (nSPS) is 19.0. The van der Waals surface area contributed by atoms with Crippen molar-refractivity contribution in [2.45, 2.75) is 44.7 Å². The molecule has 2 fully saturated rings. The highest BCUT2D eigenvalue weighted by Gasteiger charge is 2.33. The van der Waals surface area contributed by atoms with Crippen LogP contribution in [-0.4, -0.2) is 63.5 Å². The zero-order chi connectivity index (χ0) is 19.8. The van der Waals surface area contributed by atoms with E-state index in [0.717, 1.165) is 63.3 Å². The molecule has 0 bridgehead atoms. The monoisotopic (exact) mass is 394 g/mol. The Balaban J connectivity index is 1.33. The van der Waals surface area contributed by atoms with Crippen molar-refractivity contribution in [1.29, 1.82) is 0 Å². The summed E-state index contributed by atoms with van der Waals surface area (Å²) in [5, 5.41) is 3.02. The number of nitrogens with one attached hydrogen (secondary N) is 1. The van der Waals surface area contributed by atoms with Crippen LogP contribution in [0.3, 0.4) is 0 Å². The number of fused-ring (bicyclic) bond motifs is 1. The fourth-order valence-electron chi connectivity index (χ4n) is 4.19. The van der Waals surface area contributed by atoms with Crippen LogP contribution < -0.4 is 10.2 Å². The molecule has 1 N–H and O–H groups in total. The third-order valence-corrected chi connectivity index (χ3v) is 5.98. The summed E-state index contributed by atoms with van der Waals surface area (Å²) < 4.78 is 1.97. The Morgan fingerprint density at radius 2 is 1.86 bits per heavy atom. The Hall–Kier alpha value is -2.90. The molecule has 4 heterocycles. The van der Waals surface area contributed by atoms with Crippen molar-refractivity contribution < 1.29 is 9.59 Å². The Labute approximate surface area is 169 Å². The van der Waals surface area contributed by atoms with E-state index in [1.807, 2.05) is 27.7 Å². The van der Waals surface area contributed by atoms with E-state index in [1.165, 1.54) is 0 Å². The van der Waals surface area contributed by atoms with Crippen molar-refractivity contribution in [1.82, 2.24) is 24.8 Å². The lowest BCUT2D eigenvalue weighted by atomic mass is 10.1. The summed E-state index contributed by atoms with van der Waals surface area (Å²) in [6.45, 7) is 3.51. The van der Waals surface area contributed by atoms with Crippen LogP contribution in [0.2, 0.25) is 0 Å². The standard InChI is InChI=1S/C21H26N6O2/c28-20(23-15-7-8-15)19-24-18(16-5-2-4-10-27(16)19)21(29)26-13-11-25(12-14-26)17-6-1-3-9-22-17/h1,3,6,9,15H,2,4-5,7-8,10-14H2,(H,23,28). The summed E-state index contributed by atoms with van der Waals surface area (Å²) in [6.07, 6.45) is 6.71. The summed E-state index contributed by atoms with van der Waals surface area (Å²) >= 11 is 0. The molecule has 1 saturated carbocycles. The lowest BCUT2D eigenvalue weighted by molar-refractivity contribution is 0.0739. The molecule has 2 aliphatic heterocycles. The van der Waals surface area contributed by atoms with Gasteiger partial charge in [-0.15, -0.1) is 0 Å². The smallest absolute Gasteiger partial charge is 0.287 e. The van der Waals surface area contributed by atoms with E-state index in [1.54, 1.807) is 6.20 Å². The number of carbonyl (C=O) groups excluding carboxylic acids is 2. The molecule has 0 atom stereocenters. The minimum absolute atomic E-state index is 0.0539. The average molecular weight is 394 g/mol. The molecule has 0 radical (unpaired) electrons. The van der Waals surface area contributed by atoms with E-state index in [-0.39, 0.29) is 17.9 Å². The summed E-state index contributed by atoms with van der Waals surface area (Å²) in [7, 11) is 0. The molecule has 1 aliphatic carbocycles. The number of anilines is 1. The van der Waals surface area contributed by atoms with E-state index in [0.29, 0.717) is 24.6 Å². The predicted octanol–water partition coefficient (Wildman–Crippen LogP) is 1.47. The fourth-order valence-corrected chi connectivity index (χ4v) is 4.19. The first kappa shape index (κ1) is 18.1. The Morgan fingerprint density at radius 3 is 2.59 bits per heavy atom. The minimum Gasteiger partial charge on any atom is -0.353 e. The van der Waals surface area contributed by atoms with E-state index < -0.39 is 0 Å². The first-order valence-corrected chi connectivity index (χ1v) is 10.6. The second-order valence-electron chi connectivity index (χ2n) is 8.05. The van der Waals surface area contributed by atoms with Gasteiger partial charge in [-0.05, 0) is 44.2 Å². The minimum atomic E-state index is -0.144. The molecular weight excluding hydrogens is 368 g/mol. The van der Waals surface area contributed by atoms with Gasteiger partial charge in [-0.25, -0.2) is 9.97 Å². The molecule has 0 unspecified atom stereocenters. The van der Waals surface area contributed by atoms with Crippen LogP contribution in [0.25, 0.3) is 0 Å². The number of nitrogens with zero attached hydrogens (tertiary/aromatic N) is 5. The van der Waals surface area contributed by atoms with Crippen LogP contribution in [0.5, 0.6) is 0 Å². The maximum atomic E-state index is 13.3. The van der Waals surface area contributed by atoms with Crippen LogP contribution in [0.1, 0.15) is 52.5 Å². The number of hydrogen-bond acceptors (Lipinski definition) is 5. The Morgan fingerprint density at radius 1 is 1.03 bits per heavy atom. The summed E-state index contributed by atoms with van der Waals surface area (Å²) in [4.78, 5) is 38.9. The number of pyridine rings is 1. The molecule has 0 aromatic carbocycles. The number of aromatic nitrogens is 3. The average Bonchev–Trinajstić information content (AvgIpc) is 3.50. The van der Waals surface area contributed by atoms with E-state index in [9.17, 15) is 9.59 Å². The molecule has 8 nitrogen and oxygen atoms in total. The second kappa shape index (κ2) is 7.50. The number of amides is 2. The summed E-state index contributed by atoms with van der Waals surface area (Å²) in [5.41, 5.74) is 1.39. The highest BCUT2D eigenvalue weighted by atomic mass is 16.2. The predicted molar refractivity (Wildman–Crippen MR) is 108 cm³/mol. The van der Waals surface area contributed by atoms with Gasteiger partial charge in [0.05, 0.1) is 5.69 Å². The van der Waals surface area contributed by atoms with E-state index >= 15 is 0 Å². The molecule has 0 spiro atoms. The molecule has 1 saturated heterocycles. The van der Waals surface area contributed by atoms with Gasteiger partial charge in [0.25, 0.3) is 11.8 Å². The lowest BCUT2D eigenvalue weighted by Crippen LogP contribution is -2.49. The van der Waals surface area contributed by atoms with Gasteiger partial charge in [-0.2, -0.15) is 0 Å². The molecule has 8 heteroatoms. The SMILES string of the molecule is O=C(NC1CC1)c1nc(C(=O)N2CCN(c3ccccn3)CC2)c2n1CCCC2. The molecule has 29 heavy (non-hydrogen) atoms. The molecule has 3 aliphatic rings. The van der Waals surface area contributed by atoms with Crippen LogP contribution in [-0.2, 0) is 13.0 Å². The maximum Gasteiger partial charge on any atom is 0.287 e. The zero-order valence-corrected chi connectivity index (χ0v) is 16.5. The quantitative estimate of drug-likeness (QED) is 0.849. The van der Waals surface area contributed by atoms with Gasteiger partial charge in [0.2, 0.25) is 0 Å². The topological polar surface area (TPSA) is 83.4 Å². The molecule has 5 rings (SSSR count). The third kappa shape index (κ3) is 3.59. The first-order valence-electron chi connectivity index (χ1n) is 10.6. The Kier molecular flexibility index (Phi) is 4.69. The third-order valence-electron chi connectivity index (χ3n) is 5.98. The van der Waals surface area contributed by atoms with Crippen LogP contribution in [0, 0.1) is 0 Å². The number of imidazole rings is 1. The first-order chi connectivity index (χ1) is 14.2. The number of piperazine rings is 1. The van der Waals surface area contributed by atoms with Crippen LogP contribution >= 0.6 is 0 Å². The maximum absolute atomic E-state index is 13.3. The number of rotatable bonds is 4. The van der Waals surface area contributed by atoms with Gasteiger partial charge in [-0.3, -0.25) is 9.59 Å². The second-order valence-corrected chi connectivity index (χ2v) is 8.05. The van der Waals surface area contributed by atoms with E-state index in [4.69, 9.17) is 0 Å². The molecule has 2 aromatic rings. The van der Waals surface area contributed by atoms with E-state index in [2.05, 4.69) is 20.2 Å². The molecule has 152 valence electrons. The Bertz CT molecular complexity index is 913. The van der Waals surface area contributed by atoms with Crippen molar-refractivity contribution in [2.24, 2.45) is 0 Å². The number of hydrogen-bond donors (Lipinski definition) is 1. The van der Waals surface area contributed by atoms with Crippen molar-refractivity contribution in [3.8, 4) is 0 Å². The largest absolute Gasteiger partial charge is 0.353 e. The molecule has 2 amide bonds. The van der Waals surface area contributed by atoms with Gasteiger partial charge in [0.15, 0.2) is 5.82 Å². The van der Waals surface area contributed by atoms with Crippen molar-refractivity contribution >= 4 is 17.6 Å².